The summed E-state index contributed by atoms with van der Waals surface area (Å²) in [6, 6.07) is 0.101. The van der Waals surface area contributed by atoms with Crippen LogP contribution < -0.4 is 10.1 Å². The molecule has 0 fully saturated rings. The number of aliphatic hydroxyl groups excluding tert-OH is 1. The van der Waals surface area contributed by atoms with Crippen molar-refractivity contribution in [1.82, 2.24) is 15.1 Å². The maximum atomic E-state index is 9.15. The van der Waals surface area contributed by atoms with Crippen molar-refractivity contribution in [3.8, 4) is 5.88 Å². The van der Waals surface area contributed by atoms with E-state index in [0.717, 1.165) is 30.1 Å². The molecule has 2 N–H and O–H groups in total. The molecule has 0 aliphatic carbocycles. The van der Waals surface area contributed by atoms with Gasteiger partial charge in [0.15, 0.2) is 0 Å². The van der Waals surface area contributed by atoms with Crippen LogP contribution in [0, 0.1) is 6.92 Å². The summed E-state index contributed by atoms with van der Waals surface area (Å²) >= 11 is 0. The maximum absolute atomic E-state index is 9.15. The van der Waals surface area contributed by atoms with Gasteiger partial charge in [-0.1, -0.05) is 6.92 Å². The van der Waals surface area contributed by atoms with Gasteiger partial charge in [0, 0.05) is 19.7 Å². The van der Waals surface area contributed by atoms with Gasteiger partial charge in [-0.3, -0.25) is 0 Å². The van der Waals surface area contributed by atoms with Crippen molar-refractivity contribution < 1.29 is 9.84 Å². The lowest BCUT2D eigenvalue weighted by Crippen LogP contribution is -2.24. The van der Waals surface area contributed by atoms with E-state index in [1.807, 2.05) is 14.0 Å². The summed E-state index contributed by atoms with van der Waals surface area (Å²) in [4.78, 5) is 0. The van der Waals surface area contributed by atoms with Crippen molar-refractivity contribution in [2.45, 2.75) is 32.7 Å². The van der Waals surface area contributed by atoms with E-state index in [0.29, 0.717) is 6.42 Å². The Balaban J connectivity index is 2.99. The van der Waals surface area contributed by atoms with Crippen LogP contribution in [-0.2, 0) is 7.05 Å². The fourth-order valence-corrected chi connectivity index (χ4v) is 2.09. The molecule has 0 aliphatic rings. The Labute approximate surface area is 103 Å². The second-order valence-corrected chi connectivity index (χ2v) is 4.15. The van der Waals surface area contributed by atoms with Crippen molar-refractivity contribution in [3.05, 3.63) is 11.3 Å². The monoisotopic (exact) mass is 241 g/mol. The maximum Gasteiger partial charge on any atom is 0.216 e. The highest BCUT2D eigenvalue weighted by molar-refractivity contribution is 5.34. The van der Waals surface area contributed by atoms with E-state index < -0.39 is 0 Å². The molecule has 0 bridgehead atoms. The van der Waals surface area contributed by atoms with Crippen LogP contribution >= 0.6 is 0 Å². The third-order valence-corrected chi connectivity index (χ3v) is 2.81. The molecule has 5 heteroatoms. The van der Waals surface area contributed by atoms with E-state index in [1.165, 1.54) is 0 Å². The van der Waals surface area contributed by atoms with E-state index >= 15 is 0 Å². The Morgan fingerprint density at radius 1 is 1.53 bits per heavy atom. The van der Waals surface area contributed by atoms with Crippen LogP contribution in [0.15, 0.2) is 0 Å². The molecule has 1 rings (SSSR count). The van der Waals surface area contributed by atoms with Crippen LogP contribution in [0.1, 0.15) is 37.1 Å². The SMILES string of the molecule is CCCNC(CCO)c1c(C)nn(C)c1OC. The molecule has 1 aromatic rings. The molecule has 0 saturated carbocycles. The van der Waals surface area contributed by atoms with Gasteiger partial charge in [0.05, 0.1) is 18.4 Å². The van der Waals surface area contributed by atoms with Crippen LogP contribution in [0.5, 0.6) is 5.88 Å². The highest BCUT2D eigenvalue weighted by Gasteiger charge is 2.22. The van der Waals surface area contributed by atoms with E-state index in [4.69, 9.17) is 9.84 Å². The van der Waals surface area contributed by atoms with E-state index in [2.05, 4.69) is 17.3 Å². The van der Waals surface area contributed by atoms with Gasteiger partial charge in [-0.25, -0.2) is 4.68 Å². The van der Waals surface area contributed by atoms with Crippen molar-refractivity contribution in [3.63, 3.8) is 0 Å². The number of nitrogens with one attached hydrogen (secondary N) is 1. The molecule has 17 heavy (non-hydrogen) atoms. The average Bonchev–Trinajstić information content (AvgIpc) is 2.59. The first kappa shape index (κ1) is 14.0. The highest BCUT2D eigenvalue weighted by Crippen LogP contribution is 2.29. The number of nitrogens with zero attached hydrogens (tertiary/aromatic N) is 2. The van der Waals surface area contributed by atoms with Crippen LogP contribution in [0.25, 0.3) is 0 Å². The summed E-state index contributed by atoms with van der Waals surface area (Å²) in [5.41, 5.74) is 2.00. The molecule has 0 saturated heterocycles. The van der Waals surface area contributed by atoms with Crippen molar-refractivity contribution >= 4 is 0 Å². The summed E-state index contributed by atoms with van der Waals surface area (Å²) in [5, 5.41) is 16.9. The molecule has 1 aromatic heterocycles. The summed E-state index contributed by atoms with van der Waals surface area (Å²) in [6.45, 7) is 5.16. The van der Waals surface area contributed by atoms with Gasteiger partial charge in [-0.2, -0.15) is 5.10 Å². The predicted molar refractivity (Wildman–Crippen MR) is 67.2 cm³/mol. The summed E-state index contributed by atoms with van der Waals surface area (Å²) in [5.74, 6) is 0.768. The minimum atomic E-state index is 0.101. The third kappa shape index (κ3) is 3.20. The van der Waals surface area contributed by atoms with Gasteiger partial charge in [0.1, 0.15) is 0 Å². The Morgan fingerprint density at radius 3 is 2.76 bits per heavy atom. The molecular weight excluding hydrogens is 218 g/mol. The Morgan fingerprint density at radius 2 is 2.24 bits per heavy atom. The van der Waals surface area contributed by atoms with Gasteiger partial charge in [0.2, 0.25) is 5.88 Å². The van der Waals surface area contributed by atoms with Crippen LogP contribution in [0.2, 0.25) is 0 Å². The zero-order chi connectivity index (χ0) is 12.8. The Hall–Kier alpha value is -1.07. The zero-order valence-corrected chi connectivity index (χ0v) is 11.2. The number of aromatic nitrogens is 2. The van der Waals surface area contributed by atoms with Crippen LogP contribution in [0.4, 0.5) is 0 Å². The van der Waals surface area contributed by atoms with Gasteiger partial charge >= 0.3 is 0 Å². The zero-order valence-electron chi connectivity index (χ0n) is 11.2. The Kier molecular flexibility index (Phi) is 5.44. The van der Waals surface area contributed by atoms with E-state index in [1.54, 1.807) is 11.8 Å². The summed E-state index contributed by atoms with van der Waals surface area (Å²) in [6.07, 6.45) is 1.73. The fraction of sp³-hybridized carbons (Fsp3) is 0.750. The topological polar surface area (TPSA) is 59.3 Å². The molecule has 1 unspecified atom stereocenters. The first-order valence-corrected chi connectivity index (χ1v) is 6.07. The normalized spacial score (nSPS) is 12.8. The number of methoxy groups -OCH3 is 1. The molecule has 0 aliphatic heterocycles. The third-order valence-electron chi connectivity index (χ3n) is 2.81. The molecule has 98 valence electrons. The highest BCUT2D eigenvalue weighted by atomic mass is 16.5. The summed E-state index contributed by atoms with van der Waals surface area (Å²) in [7, 11) is 3.51. The smallest absolute Gasteiger partial charge is 0.216 e. The second kappa shape index (κ2) is 6.61. The molecule has 1 heterocycles. The lowest BCUT2D eigenvalue weighted by molar-refractivity contribution is 0.262. The number of aryl methyl sites for hydroxylation is 2. The summed E-state index contributed by atoms with van der Waals surface area (Å²) < 4.78 is 7.12. The van der Waals surface area contributed by atoms with E-state index in [-0.39, 0.29) is 12.6 Å². The number of aliphatic hydroxyl groups is 1. The number of rotatable bonds is 7. The first-order chi connectivity index (χ1) is 8.15. The first-order valence-electron chi connectivity index (χ1n) is 6.07. The Bertz CT molecular complexity index is 350. The van der Waals surface area contributed by atoms with Crippen LogP contribution in [0.3, 0.4) is 0 Å². The molecule has 0 aromatic carbocycles. The molecule has 0 radical (unpaired) electrons. The van der Waals surface area contributed by atoms with Crippen molar-refractivity contribution in [2.75, 3.05) is 20.3 Å². The molecule has 0 amide bonds. The van der Waals surface area contributed by atoms with Gasteiger partial charge in [-0.05, 0) is 26.3 Å². The van der Waals surface area contributed by atoms with Gasteiger partial charge < -0.3 is 15.2 Å². The van der Waals surface area contributed by atoms with E-state index in [9.17, 15) is 0 Å². The lowest BCUT2D eigenvalue weighted by atomic mass is 10.0. The van der Waals surface area contributed by atoms with Crippen molar-refractivity contribution in [2.24, 2.45) is 7.05 Å². The fourth-order valence-electron chi connectivity index (χ4n) is 2.09. The number of ether oxygens (including phenoxy) is 1. The lowest BCUT2D eigenvalue weighted by Gasteiger charge is -2.18. The molecular formula is C12H23N3O2. The second-order valence-electron chi connectivity index (χ2n) is 4.15. The standard InChI is InChI=1S/C12H23N3O2/c1-5-7-13-10(6-8-16)11-9(2)14-15(3)12(11)17-4/h10,13,16H,5-8H2,1-4H3. The van der Waals surface area contributed by atoms with Crippen LogP contribution in [-0.4, -0.2) is 35.1 Å². The molecule has 1 atom stereocenters. The number of hydrogen-bond acceptors (Lipinski definition) is 4. The van der Waals surface area contributed by atoms with Gasteiger partial charge in [0.25, 0.3) is 0 Å². The predicted octanol–water partition coefficient (Wildman–Crippen LogP) is 1.16. The average molecular weight is 241 g/mol. The number of hydrogen-bond donors (Lipinski definition) is 2. The minimum absolute atomic E-state index is 0.101. The molecule has 0 spiro atoms. The minimum Gasteiger partial charge on any atom is -0.481 e. The quantitative estimate of drug-likeness (QED) is 0.752. The van der Waals surface area contributed by atoms with Gasteiger partial charge in [-0.15, -0.1) is 0 Å². The van der Waals surface area contributed by atoms with Crippen molar-refractivity contribution in [1.29, 1.82) is 0 Å². The molecule has 5 nitrogen and oxygen atoms in total. The largest absolute Gasteiger partial charge is 0.481 e.